The summed E-state index contributed by atoms with van der Waals surface area (Å²) in [5, 5.41) is 8.34. The summed E-state index contributed by atoms with van der Waals surface area (Å²) in [6, 6.07) is 23.3. The van der Waals surface area contributed by atoms with Crippen LogP contribution in [0.15, 0.2) is 77.6 Å². The molecule has 5 aromatic rings. The Morgan fingerprint density at radius 3 is 2.47 bits per heavy atom. The molecule has 2 heterocycles. The second kappa shape index (κ2) is 7.40. The van der Waals surface area contributed by atoms with Crippen LogP contribution in [0.25, 0.3) is 33.1 Å². The topological polar surface area (TPSA) is 80.0 Å². The molecule has 0 saturated carbocycles. The third-order valence-corrected chi connectivity index (χ3v) is 5.11. The Morgan fingerprint density at radius 1 is 0.933 bits per heavy atom. The monoisotopic (exact) mass is 397 g/mol. The summed E-state index contributed by atoms with van der Waals surface area (Å²) in [5.74, 6) is 1.49. The van der Waals surface area contributed by atoms with E-state index in [2.05, 4.69) is 15.2 Å². The molecule has 0 atom stereocenters. The van der Waals surface area contributed by atoms with Crippen LogP contribution in [-0.4, -0.2) is 22.3 Å². The average Bonchev–Trinajstić information content (AvgIpc) is 3.18. The summed E-state index contributed by atoms with van der Waals surface area (Å²) in [6.07, 6.45) is 0. The molecule has 5 rings (SSSR count). The second-order valence-corrected chi connectivity index (χ2v) is 6.99. The van der Waals surface area contributed by atoms with Gasteiger partial charge in [0.05, 0.1) is 23.5 Å². The van der Waals surface area contributed by atoms with E-state index in [9.17, 15) is 4.79 Å². The van der Waals surface area contributed by atoms with Crippen molar-refractivity contribution in [2.75, 3.05) is 7.11 Å². The standard InChI is InChI=1S/C24H19N3O3/c1-29-18-11-12-19-20(13-18)25-23-21(19)24(28)27-26-22(23)16-7-9-17(10-8-16)30-14-15-5-3-2-4-6-15/h2-13,25H,14H2,1H3,(H,27,28). The number of aromatic amines is 2. The highest BCUT2D eigenvalue weighted by Crippen LogP contribution is 2.31. The van der Waals surface area contributed by atoms with E-state index in [1.54, 1.807) is 7.11 Å². The number of rotatable bonds is 5. The minimum absolute atomic E-state index is 0.229. The van der Waals surface area contributed by atoms with Gasteiger partial charge in [0.15, 0.2) is 0 Å². The maximum atomic E-state index is 12.5. The van der Waals surface area contributed by atoms with Crippen LogP contribution in [0.1, 0.15) is 5.56 Å². The van der Waals surface area contributed by atoms with Crippen LogP contribution in [0.2, 0.25) is 0 Å². The molecule has 0 aliphatic heterocycles. The van der Waals surface area contributed by atoms with Gasteiger partial charge in [-0.05, 0) is 42.0 Å². The zero-order chi connectivity index (χ0) is 20.5. The molecule has 6 heteroatoms. The molecule has 30 heavy (non-hydrogen) atoms. The lowest BCUT2D eigenvalue weighted by atomic mass is 10.1. The molecule has 6 nitrogen and oxygen atoms in total. The molecule has 0 radical (unpaired) electrons. The largest absolute Gasteiger partial charge is 0.497 e. The van der Waals surface area contributed by atoms with Gasteiger partial charge in [-0.2, -0.15) is 5.10 Å². The summed E-state index contributed by atoms with van der Waals surface area (Å²) >= 11 is 0. The fourth-order valence-corrected chi connectivity index (χ4v) is 3.59. The van der Waals surface area contributed by atoms with Crippen molar-refractivity contribution in [1.82, 2.24) is 15.2 Å². The van der Waals surface area contributed by atoms with Crippen molar-refractivity contribution in [2.45, 2.75) is 6.61 Å². The number of nitrogens with zero attached hydrogens (tertiary/aromatic N) is 1. The molecule has 3 aromatic carbocycles. The van der Waals surface area contributed by atoms with E-state index in [0.29, 0.717) is 23.2 Å². The molecule has 0 aliphatic carbocycles. The number of nitrogens with one attached hydrogen (secondary N) is 2. The number of aromatic nitrogens is 3. The first kappa shape index (κ1) is 18.0. The Hall–Kier alpha value is -4.06. The Kier molecular flexibility index (Phi) is 4.44. The fourth-order valence-electron chi connectivity index (χ4n) is 3.59. The number of benzene rings is 3. The van der Waals surface area contributed by atoms with Crippen molar-refractivity contribution in [1.29, 1.82) is 0 Å². The van der Waals surface area contributed by atoms with E-state index in [4.69, 9.17) is 9.47 Å². The Morgan fingerprint density at radius 2 is 1.70 bits per heavy atom. The highest BCUT2D eigenvalue weighted by Gasteiger charge is 2.15. The first-order valence-electron chi connectivity index (χ1n) is 9.58. The van der Waals surface area contributed by atoms with E-state index in [-0.39, 0.29) is 5.56 Å². The zero-order valence-electron chi connectivity index (χ0n) is 16.3. The smallest absolute Gasteiger partial charge is 0.274 e. The molecule has 0 spiro atoms. The van der Waals surface area contributed by atoms with Gasteiger partial charge in [-0.15, -0.1) is 0 Å². The van der Waals surface area contributed by atoms with E-state index in [1.165, 1.54) is 0 Å². The third kappa shape index (κ3) is 3.18. The Labute approximate surface area is 172 Å². The minimum atomic E-state index is -0.229. The Balaban J connectivity index is 1.51. The van der Waals surface area contributed by atoms with E-state index >= 15 is 0 Å². The molecular formula is C24H19N3O3. The SMILES string of the molecule is COc1ccc2c(c1)[nH]c1c(-c3ccc(OCc4ccccc4)cc3)n[nH]c(=O)c12. The lowest BCUT2D eigenvalue weighted by molar-refractivity contribution is 0.306. The lowest BCUT2D eigenvalue weighted by Crippen LogP contribution is -2.08. The van der Waals surface area contributed by atoms with Gasteiger partial charge in [-0.1, -0.05) is 30.3 Å². The molecule has 148 valence electrons. The van der Waals surface area contributed by atoms with Crippen molar-refractivity contribution in [2.24, 2.45) is 0 Å². The molecule has 0 bridgehead atoms. The van der Waals surface area contributed by atoms with Crippen LogP contribution in [0, 0.1) is 0 Å². The summed E-state index contributed by atoms with van der Waals surface area (Å²) in [6.45, 7) is 0.505. The number of H-pyrrole nitrogens is 2. The van der Waals surface area contributed by atoms with Gasteiger partial charge in [0.2, 0.25) is 0 Å². The zero-order valence-corrected chi connectivity index (χ0v) is 16.3. The molecule has 2 N–H and O–H groups in total. The van der Waals surface area contributed by atoms with Gasteiger partial charge in [0.1, 0.15) is 23.8 Å². The van der Waals surface area contributed by atoms with Crippen LogP contribution in [0.5, 0.6) is 11.5 Å². The van der Waals surface area contributed by atoms with Gasteiger partial charge in [0, 0.05) is 17.0 Å². The summed E-state index contributed by atoms with van der Waals surface area (Å²) in [7, 11) is 1.62. The minimum Gasteiger partial charge on any atom is -0.497 e. The second-order valence-electron chi connectivity index (χ2n) is 6.99. The first-order valence-corrected chi connectivity index (χ1v) is 9.58. The van der Waals surface area contributed by atoms with Crippen LogP contribution in [0.3, 0.4) is 0 Å². The van der Waals surface area contributed by atoms with Crippen LogP contribution in [-0.2, 0) is 6.61 Å². The van der Waals surface area contributed by atoms with Crippen LogP contribution < -0.4 is 15.0 Å². The normalized spacial score (nSPS) is 11.1. The Bertz CT molecular complexity index is 1390. The molecule has 0 saturated heterocycles. The van der Waals surface area contributed by atoms with Crippen molar-refractivity contribution in [3.8, 4) is 22.8 Å². The van der Waals surface area contributed by atoms with E-state index in [0.717, 1.165) is 33.5 Å². The highest BCUT2D eigenvalue weighted by atomic mass is 16.5. The predicted octanol–water partition coefficient (Wildman–Crippen LogP) is 4.66. The van der Waals surface area contributed by atoms with Crippen molar-refractivity contribution in [3.05, 3.63) is 88.7 Å². The molecule has 0 fully saturated rings. The number of ether oxygens (including phenoxy) is 2. The first-order chi connectivity index (χ1) is 14.7. The summed E-state index contributed by atoms with van der Waals surface area (Å²) in [5.41, 5.74) is 3.95. The molecular weight excluding hydrogens is 378 g/mol. The lowest BCUT2D eigenvalue weighted by Gasteiger charge is -2.07. The van der Waals surface area contributed by atoms with E-state index < -0.39 is 0 Å². The van der Waals surface area contributed by atoms with Crippen LogP contribution >= 0.6 is 0 Å². The summed E-state index contributed by atoms with van der Waals surface area (Å²) < 4.78 is 11.2. The van der Waals surface area contributed by atoms with Crippen molar-refractivity contribution in [3.63, 3.8) is 0 Å². The van der Waals surface area contributed by atoms with Gasteiger partial charge >= 0.3 is 0 Å². The molecule has 0 aliphatic rings. The average molecular weight is 397 g/mol. The molecule has 2 aromatic heterocycles. The van der Waals surface area contributed by atoms with Gasteiger partial charge in [-0.25, -0.2) is 5.10 Å². The molecule has 0 unspecified atom stereocenters. The maximum absolute atomic E-state index is 12.5. The van der Waals surface area contributed by atoms with Gasteiger partial charge < -0.3 is 14.5 Å². The molecule has 0 amide bonds. The number of hydrogen-bond acceptors (Lipinski definition) is 4. The van der Waals surface area contributed by atoms with E-state index in [1.807, 2.05) is 72.8 Å². The maximum Gasteiger partial charge on any atom is 0.274 e. The number of methoxy groups -OCH3 is 1. The van der Waals surface area contributed by atoms with Gasteiger partial charge in [-0.3, -0.25) is 4.79 Å². The van der Waals surface area contributed by atoms with Crippen molar-refractivity contribution < 1.29 is 9.47 Å². The predicted molar refractivity (Wildman–Crippen MR) is 117 cm³/mol. The summed E-state index contributed by atoms with van der Waals surface area (Å²) in [4.78, 5) is 15.8. The highest BCUT2D eigenvalue weighted by molar-refractivity contribution is 6.10. The van der Waals surface area contributed by atoms with Crippen LogP contribution in [0.4, 0.5) is 0 Å². The third-order valence-electron chi connectivity index (χ3n) is 5.11. The van der Waals surface area contributed by atoms with Gasteiger partial charge in [0.25, 0.3) is 5.56 Å². The quantitative estimate of drug-likeness (QED) is 0.452. The number of hydrogen-bond donors (Lipinski definition) is 2. The van der Waals surface area contributed by atoms with Crippen molar-refractivity contribution >= 4 is 21.8 Å². The fraction of sp³-hybridized carbons (Fsp3) is 0.0833. The number of fused-ring (bicyclic) bond motifs is 3.